The van der Waals surface area contributed by atoms with E-state index in [9.17, 15) is 9.59 Å². The number of fused-ring (bicyclic) bond motifs is 5. The van der Waals surface area contributed by atoms with E-state index < -0.39 is 17.0 Å². The van der Waals surface area contributed by atoms with Gasteiger partial charge in [0.05, 0.1) is 0 Å². The van der Waals surface area contributed by atoms with Crippen LogP contribution in [-0.4, -0.2) is 45.9 Å². The fourth-order valence-electron chi connectivity index (χ4n) is 6.47. The van der Waals surface area contributed by atoms with Crippen molar-refractivity contribution in [3.05, 3.63) is 101 Å². The third-order valence-electron chi connectivity index (χ3n) is 7.87. The maximum Gasteiger partial charge on any atom is 0.344 e. The van der Waals surface area contributed by atoms with Crippen molar-refractivity contribution in [2.75, 3.05) is 16.9 Å². The number of amides is 1. The summed E-state index contributed by atoms with van der Waals surface area (Å²) in [5.74, 6) is 0.701. The predicted octanol–water partition coefficient (Wildman–Crippen LogP) is 4.06. The lowest BCUT2D eigenvalue weighted by Crippen LogP contribution is -2.62. The highest BCUT2D eigenvalue weighted by Gasteiger charge is 2.81. The van der Waals surface area contributed by atoms with Crippen molar-refractivity contribution in [2.24, 2.45) is 4.99 Å². The van der Waals surface area contributed by atoms with Crippen LogP contribution in [0.2, 0.25) is 0 Å². The molecule has 174 valence electrons. The van der Waals surface area contributed by atoms with E-state index in [2.05, 4.69) is 34.5 Å². The Kier molecular flexibility index (Phi) is 4.36. The van der Waals surface area contributed by atoms with Crippen LogP contribution in [0.25, 0.3) is 0 Å². The van der Waals surface area contributed by atoms with Crippen LogP contribution in [0.4, 0.5) is 5.69 Å². The average molecular weight is 482 g/mol. The molecule has 1 N–H and O–H groups in total. The van der Waals surface area contributed by atoms with Crippen LogP contribution in [0.3, 0.4) is 0 Å². The molecule has 35 heavy (non-hydrogen) atoms. The minimum absolute atomic E-state index is 0.0500. The lowest BCUT2D eigenvalue weighted by atomic mass is 9.66. The highest BCUT2D eigenvalue weighted by Crippen LogP contribution is 2.65. The van der Waals surface area contributed by atoms with E-state index in [1.54, 1.807) is 11.8 Å². The molecule has 0 saturated carbocycles. The molecule has 0 aliphatic carbocycles. The summed E-state index contributed by atoms with van der Waals surface area (Å²) in [7, 11) is 0. The minimum atomic E-state index is -1.45. The normalized spacial score (nSPS) is 30.9. The predicted molar refractivity (Wildman–Crippen MR) is 135 cm³/mol. The third kappa shape index (κ3) is 2.52. The molecule has 7 heteroatoms. The van der Waals surface area contributed by atoms with Crippen molar-refractivity contribution >= 4 is 35.2 Å². The summed E-state index contributed by atoms with van der Waals surface area (Å²) in [4.78, 5) is 35.7. The van der Waals surface area contributed by atoms with Gasteiger partial charge in [0.1, 0.15) is 0 Å². The van der Waals surface area contributed by atoms with Gasteiger partial charge in [-0.15, -0.1) is 11.8 Å². The Balaban J connectivity index is 1.56. The van der Waals surface area contributed by atoms with E-state index in [4.69, 9.17) is 9.73 Å². The molecule has 0 radical (unpaired) electrons. The summed E-state index contributed by atoms with van der Waals surface area (Å²) in [5, 5.41) is 3.08. The summed E-state index contributed by atoms with van der Waals surface area (Å²) in [6.45, 7) is 2.05. The first-order valence-corrected chi connectivity index (χ1v) is 12.9. The Morgan fingerprint density at radius 3 is 2.54 bits per heavy atom. The number of aliphatic imine (C=N–C) groups is 1. The molecule has 1 amide bonds. The number of para-hydroxylation sites is 1. The number of anilines is 1. The number of carbonyl (C=O) groups is 2. The highest BCUT2D eigenvalue weighted by molar-refractivity contribution is 7.99. The van der Waals surface area contributed by atoms with Gasteiger partial charge in [-0.3, -0.25) is 9.69 Å². The van der Waals surface area contributed by atoms with Gasteiger partial charge < -0.3 is 10.1 Å². The van der Waals surface area contributed by atoms with Gasteiger partial charge >= 0.3 is 5.97 Å². The van der Waals surface area contributed by atoms with Crippen molar-refractivity contribution in [3.8, 4) is 0 Å². The van der Waals surface area contributed by atoms with Gasteiger partial charge in [0.15, 0.2) is 5.54 Å². The topological polar surface area (TPSA) is 71.0 Å². The molecule has 4 atom stereocenters. The molecule has 3 aromatic carbocycles. The first-order chi connectivity index (χ1) is 17.1. The first-order valence-electron chi connectivity index (χ1n) is 11.8. The molecule has 0 aromatic heterocycles. The molecule has 7 rings (SSSR count). The van der Waals surface area contributed by atoms with Crippen LogP contribution in [0.1, 0.15) is 28.2 Å². The number of thioether (sulfide) groups is 1. The number of ether oxygens (including phenoxy) is 1. The lowest BCUT2D eigenvalue weighted by molar-refractivity contribution is -0.147. The van der Waals surface area contributed by atoms with Gasteiger partial charge in [-0.25, -0.2) is 9.79 Å². The Labute approximate surface area is 207 Å². The summed E-state index contributed by atoms with van der Waals surface area (Å²) < 4.78 is 5.97. The summed E-state index contributed by atoms with van der Waals surface area (Å²) >= 11 is 1.79. The van der Waals surface area contributed by atoms with Crippen LogP contribution in [-0.2, 0) is 19.9 Å². The minimum Gasteiger partial charge on any atom is -0.405 e. The van der Waals surface area contributed by atoms with Crippen molar-refractivity contribution in [1.82, 2.24) is 4.90 Å². The number of esters is 1. The maximum absolute atomic E-state index is 14.2. The molecule has 2 fully saturated rings. The number of cyclic esters (lactones) is 1. The fourth-order valence-corrected chi connectivity index (χ4v) is 7.77. The molecule has 2 saturated heterocycles. The second kappa shape index (κ2) is 7.29. The Bertz CT molecular complexity index is 1410. The zero-order valence-electron chi connectivity index (χ0n) is 19.1. The fraction of sp³-hybridized carbons (Fsp3) is 0.250. The zero-order chi connectivity index (χ0) is 23.8. The van der Waals surface area contributed by atoms with Crippen molar-refractivity contribution in [2.45, 2.75) is 30.0 Å². The van der Waals surface area contributed by atoms with E-state index >= 15 is 0 Å². The molecule has 4 aliphatic heterocycles. The second-order valence-electron chi connectivity index (χ2n) is 9.57. The van der Waals surface area contributed by atoms with Crippen molar-refractivity contribution in [3.63, 3.8) is 0 Å². The molecule has 4 aliphatic rings. The largest absolute Gasteiger partial charge is 0.405 e. The SMILES string of the molecule is Cc1ccc([C@@H]2C3CSCN3[C@]3(C(=O)Nc4ccccc43)[C@]23N=C(c2ccccc2)OC3=O)cc1. The molecular weight excluding hydrogens is 458 g/mol. The number of hydrogen-bond donors (Lipinski definition) is 1. The highest BCUT2D eigenvalue weighted by atomic mass is 32.2. The molecular formula is C28H23N3O3S. The molecule has 0 bridgehead atoms. The molecule has 6 nitrogen and oxygen atoms in total. The zero-order valence-corrected chi connectivity index (χ0v) is 19.9. The van der Waals surface area contributed by atoms with Crippen LogP contribution >= 0.6 is 11.8 Å². The average Bonchev–Trinajstić information content (AvgIpc) is 3.60. The number of aryl methyl sites for hydroxylation is 1. The smallest absolute Gasteiger partial charge is 0.344 e. The number of carbonyl (C=O) groups excluding carboxylic acids is 2. The van der Waals surface area contributed by atoms with E-state index in [-0.39, 0.29) is 23.8 Å². The Morgan fingerprint density at radius 1 is 1.00 bits per heavy atom. The Morgan fingerprint density at radius 2 is 1.74 bits per heavy atom. The van der Waals surface area contributed by atoms with Crippen molar-refractivity contribution < 1.29 is 14.3 Å². The van der Waals surface area contributed by atoms with Crippen LogP contribution in [0, 0.1) is 6.92 Å². The van der Waals surface area contributed by atoms with Crippen molar-refractivity contribution in [1.29, 1.82) is 0 Å². The van der Waals surface area contributed by atoms with E-state index in [1.807, 2.05) is 61.5 Å². The second-order valence-corrected chi connectivity index (χ2v) is 10.6. The van der Waals surface area contributed by atoms with E-state index in [1.165, 1.54) is 0 Å². The number of rotatable bonds is 2. The first kappa shape index (κ1) is 20.9. The van der Waals surface area contributed by atoms with Crippen LogP contribution in [0.5, 0.6) is 0 Å². The number of benzene rings is 3. The summed E-state index contributed by atoms with van der Waals surface area (Å²) in [6, 6.07) is 25.4. The quantitative estimate of drug-likeness (QED) is 0.559. The van der Waals surface area contributed by atoms with Gasteiger partial charge in [0.25, 0.3) is 5.91 Å². The van der Waals surface area contributed by atoms with Gasteiger partial charge in [0.2, 0.25) is 11.4 Å². The van der Waals surface area contributed by atoms with Crippen LogP contribution < -0.4 is 5.32 Å². The number of hydrogen-bond acceptors (Lipinski definition) is 6. The standard InChI is InChI=1S/C28H23N3O3S/c1-17-11-13-18(14-12-17)23-22-15-35-16-31(22)28(20-9-5-6-10-21(20)29-25(28)32)27(23)26(33)34-24(30-27)19-7-3-2-4-8-19/h2-14,22-23H,15-16H2,1H3,(H,29,32)/t22?,23-,27+,28-/m1/s1. The maximum atomic E-state index is 14.2. The summed E-state index contributed by atoms with van der Waals surface area (Å²) in [6.07, 6.45) is 0. The van der Waals surface area contributed by atoms with Gasteiger partial charge in [0, 0.05) is 40.4 Å². The number of nitrogens with zero attached hydrogens (tertiary/aromatic N) is 2. The number of nitrogens with one attached hydrogen (secondary N) is 1. The Hall–Kier alpha value is -3.42. The van der Waals surface area contributed by atoms with E-state index in [0.29, 0.717) is 5.88 Å². The van der Waals surface area contributed by atoms with Gasteiger partial charge in [-0.2, -0.15) is 0 Å². The van der Waals surface area contributed by atoms with Gasteiger partial charge in [-0.05, 0) is 30.7 Å². The summed E-state index contributed by atoms with van der Waals surface area (Å²) in [5.41, 5.74) is 1.65. The lowest BCUT2D eigenvalue weighted by Gasteiger charge is -2.40. The molecule has 3 aromatic rings. The van der Waals surface area contributed by atoms with E-state index in [0.717, 1.165) is 33.7 Å². The third-order valence-corrected chi connectivity index (χ3v) is 8.90. The van der Waals surface area contributed by atoms with Gasteiger partial charge in [-0.1, -0.05) is 66.2 Å². The molecule has 2 spiro atoms. The van der Waals surface area contributed by atoms with Crippen LogP contribution in [0.15, 0.2) is 83.9 Å². The molecule has 4 heterocycles. The monoisotopic (exact) mass is 481 g/mol. The molecule has 1 unspecified atom stereocenters.